The minimum absolute atomic E-state index is 0.275. The summed E-state index contributed by atoms with van der Waals surface area (Å²) in [4.78, 5) is 17.0. The van der Waals surface area contributed by atoms with Gasteiger partial charge in [-0.1, -0.05) is 0 Å². The Bertz CT molecular complexity index is 422. The summed E-state index contributed by atoms with van der Waals surface area (Å²) in [6.07, 6.45) is 6.83. The molecule has 5 nitrogen and oxygen atoms in total. The van der Waals surface area contributed by atoms with Gasteiger partial charge in [0.15, 0.2) is 0 Å². The molecule has 0 bridgehead atoms. The highest BCUT2D eigenvalue weighted by Crippen LogP contribution is 2.33. The largest absolute Gasteiger partial charge is 0.381 e. The zero-order chi connectivity index (χ0) is 15.6. The summed E-state index contributed by atoms with van der Waals surface area (Å²) in [7, 11) is 0. The van der Waals surface area contributed by atoms with Crippen molar-refractivity contribution in [3.8, 4) is 0 Å². The van der Waals surface area contributed by atoms with Gasteiger partial charge in [-0.15, -0.1) is 0 Å². The number of piperidine rings is 1. The van der Waals surface area contributed by atoms with E-state index in [2.05, 4.69) is 9.80 Å². The number of hydrogen-bond acceptors (Lipinski definition) is 4. The van der Waals surface area contributed by atoms with Crippen molar-refractivity contribution in [3.05, 3.63) is 0 Å². The second kappa shape index (κ2) is 7.08. The third kappa shape index (κ3) is 3.42. The first-order valence-corrected chi connectivity index (χ1v) is 9.52. The summed E-state index contributed by atoms with van der Waals surface area (Å²) in [6.45, 7) is 6.97. The monoisotopic (exact) mass is 322 g/mol. The fourth-order valence-electron chi connectivity index (χ4n) is 5.00. The third-order valence-corrected chi connectivity index (χ3v) is 6.18. The number of rotatable bonds is 3. The number of fused-ring (bicyclic) bond motifs is 1. The summed E-state index contributed by atoms with van der Waals surface area (Å²) >= 11 is 0. The molecule has 0 spiro atoms. The fourth-order valence-corrected chi connectivity index (χ4v) is 5.00. The van der Waals surface area contributed by atoms with Crippen LogP contribution in [0.2, 0.25) is 0 Å². The first kappa shape index (κ1) is 15.9. The van der Waals surface area contributed by atoms with Crippen LogP contribution in [0.1, 0.15) is 38.5 Å². The molecule has 4 fully saturated rings. The first-order valence-electron chi connectivity index (χ1n) is 9.52. The number of carbonyl (C=O) groups is 1. The van der Waals surface area contributed by atoms with E-state index in [0.717, 1.165) is 58.2 Å². The summed E-state index contributed by atoms with van der Waals surface area (Å²) in [5, 5.41) is 0. The molecule has 0 N–H and O–H groups in total. The Morgan fingerprint density at radius 1 is 1.04 bits per heavy atom. The molecule has 0 aromatic rings. The van der Waals surface area contributed by atoms with Crippen LogP contribution in [0.5, 0.6) is 0 Å². The van der Waals surface area contributed by atoms with Crippen molar-refractivity contribution in [2.24, 2.45) is 11.8 Å². The Labute approximate surface area is 139 Å². The number of carbonyl (C=O) groups excluding carboxylic acids is 1. The van der Waals surface area contributed by atoms with Gasteiger partial charge in [0.25, 0.3) is 0 Å². The average molecular weight is 322 g/mol. The minimum Gasteiger partial charge on any atom is -0.381 e. The van der Waals surface area contributed by atoms with Crippen LogP contribution in [0.3, 0.4) is 0 Å². The van der Waals surface area contributed by atoms with Crippen molar-refractivity contribution in [2.45, 2.75) is 50.7 Å². The van der Waals surface area contributed by atoms with Gasteiger partial charge in [-0.25, -0.2) is 0 Å². The molecule has 0 aliphatic carbocycles. The molecule has 4 aliphatic heterocycles. The van der Waals surface area contributed by atoms with Crippen LogP contribution in [-0.4, -0.2) is 73.9 Å². The highest BCUT2D eigenvalue weighted by molar-refractivity contribution is 5.78. The Hall–Kier alpha value is -0.650. The highest BCUT2D eigenvalue weighted by Gasteiger charge is 2.44. The molecular weight excluding hydrogens is 292 g/mol. The van der Waals surface area contributed by atoms with Crippen molar-refractivity contribution in [1.29, 1.82) is 0 Å². The van der Waals surface area contributed by atoms with E-state index >= 15 is 0 Å². The quantitative estimate of drug-likeness (QED) is 0.790. The molecule has 130 valence electrons. The average Bonchev–Trinajstić information content (AvgIpc) is 3.01. The van der Waals surface area contributed by atoms with Crippen molar-refractivity contribution < 1.29 is 14.3 Å². The van der Waals surface area contributed by atoms with Crippen LogP contribution in [0.25, 0.3) is 0 Å². The highest BCUT2D eigenvalue weighted by atomic mass is 16.5. The molecule has 0 aromatic heterocycles. The Kier molecular flexibility index (Phi) is 4.88. The minimum atomic E-state index is 0.275. The fraction of sp³-hybridized carbons (Fsp3) is 0.944. The zero-order valence-electron chi connectivity index (χ0n) is 14.1. The second-order valence-electron chi connectivity index (χ2n) is 7.77. The van der Waals surface area contributed by atoms with E-state index in [9.17, 15) is 4.79 Å². The molecular formula is C18H30N2O3. The molecule has 0 saturated carbocycles. The van der Waals surface area contributed by atoms with Gasteiger partial charge in [0.05, 0.1) is 12.1 Å². The lowest BCUT2D eigenvalue weighted by molar-refractivity contribution is -0.145. The molecule has 4 aliphatic rings. The predicted molar refractivity (Wildman–Crippen MR) is 87.2 cm³/mol. The van der Waals surface area contributed by atoms with Crippen molar-refractivity contribution in [3.63, 3.8) is 0 Å². The molecule has 1 amide bonds. The lowest BCUT2D eigenvalue weighted by atomic mass is 9.84. The summed E-state index contributed by atoms with van der Waals surface area (Å²) in [5.74, 6) is 1.71. The van der Waals surface area contributed by atoms with E-state index < -0.39 is 0 Å². The molecule has 0 unspecified atom stereocenters. The van der Waals surface area contributed by atoms with Gasteiger partial charge >= 0.3 is 0 Å². The van der Waals surface area contributed by atoms with Crippen LogP contribution in [0, 0.1) is 11.8 Å². The number of likely N-dealkylation sites (tertiary alicyclic amines) is 2. The number of nitrogens with zero attached hydrogens (tertiary/aromatic N) is 2. The Morgan fingerprint density at radius 2 is 1.91 bits per heavy atom. The Morgan fingerprint density at radius 3 is 2.70 bits per heavy atom. The van der Waals surface area contributed by atoms with Gasteiger partial charge in [-0.2, -0.15) is 0 Å². The van der Waals surface area contributed by atoms with Gasteiger partial charge in [-0.05, 0) is 43.9 Å². The maximum absolute atomic E-state index is 12.3. The normalized spacial score (nSPS) is 37.1. The summed E-state index contributed by atoms with van der Waals surface area (Å²) < 4.78 is 11.7. The van der Waals surface area contributed by atoms with Crippen LogP contribution in [0.15, 0.2) is 0 Å². The van der Waals surface area contributed by atoms with Crippen molar-refractivity contribution in [1.82, 2.24) is 9.80 Å². The molecule has 23 heavy (non-hydrogen) atoms. The second-order valence-corrected chi connectivity index (χ2v) is 7.77. The Balaban J connectivity index is 1.45. The number of amides is 1. The van der Waals surface area contributed by atoms with Crippen molar-refractivity contribution >= 4 is 5.91 Å². The van der Waals surface area contributed by atoms with E-state index in [1.54, 1.807) is 0 Å². The van der Waals surface area contributed by atoms with Crippen LogP contribution >= 0.6 is 0 Å². The SMILES string of the molecule is O=C1CCCN1[C@@H]1CN(CC2CCOCC2)C[C@@H]2CCCO[C@@H]21. The molecule has 0 radical (unpaired) electrons. The first-order chi connectivity index (χ1) is 11.3. The van der Waals surface area contributed by atoms with E-state index in [1.165, 1.54) is 32.2 Å². The maximum Gasteiger partial charge on any atom is 0.223 e. The number of ether oxygens (including phenoxy) is 2. The molecule has 5 heteroatoms. The zero-order valence-corrected chi connectivity index (χ0v) is 14.1. The third-order valence-electron chi connectivity index (χ3n) is 6.18. The van der Waals surface area contributed by atoms with E-state index in [-0.39, 0.29) is 12.1 Å². The maximum atomic E-state index is 12.3. The number of hydrogen-bond donors (Lipinski definition) is 0. The molecule has 0 aromatic carbocycles. The topological polar surface area (TPSA) is 42.0 Å². The summed E-state index contributed by atoms with van der Waals surface area (Å²) in [6, 6.07) is 0.281. The van der Waals surface area contributed by atoms with E-state index in [4.69, 9.17) is 9.47 Å². The van der Waals surface area contributed by atoms with Crippen LogP contribution < -0.4 is 0 Å². The lowest BCUT2D eigenvalue weighted by Gasteiger charge is -2.49. The van der Waals surface area contributed by atoms with Gasteiger partial charge in [0.1, 0.15) is 0 Å². The van der Waals surface area contributed by atoms with Crippen LogP contribution in [0.4, 0.5) is 0 Å². The standard InChI is InChI=1S/C18H30N2O3/c21-17-4-1-7-20(17)16-13-19(11-14-5-9-22-10-6-14)12-15-3-2-8-23-18(15)16/h14-16,18H,1-13H2/t15-,16+,18-/m0/s1. The van der Waals surface area contributed by atoms with Gasteiger partial charge in [0, 0.05) is 52.4 Å². The molecule has 4 saturated heterocycles. The molecule has 4 heterocycles. The smallest absolute Gasteiger partial charge is 0.223 e. The predicted octanol–water partition coefficient (Wildman–Crippen LogP) is 1.51. The van der Waals surface area contributed by atoms with Gasteiger partial charge in [-0.3, -0.25) is 4.79 Å². The van der Waals surface area contributed by atoms with Gasteiger partial charge in [0.2, 0.25) is 5.91 Å². The van der Waals surface area contributed by atoms with E-state index in [0.29, 0.717) is 11.8 Å². The van der Waals surface area contributed by atoms with E-state index in [1.807, 2.05) is 0 Å². The molecule has 4 rings (SSSR count). The van der Waals surface area contributed by atoms with Gasteiger partial charge < -0.3 is 19.3 Å². The lowest BCUT2D eigenvalue weighted by Crippen LogP contribution is -2.61. The van der Waals surface area contributed by atoms with Crippen LogP contribution in [-0.2, 0) is 14.3 Å². The summed E-state index contributed by atoms with van der Waals surface area (Å²) in [5.41, 5.74) is 0. The molecule has 3 atom stereocenters. The van der Waals surface area contributed by atoms with Crippen molar-refractivity contribution in [2.75, 3.05) is 46.0 Å².